The number of imidazole rings is 1. The van der Waals surface area contributed by atoms with Crippen LogP contribution in [0.25, 0.3) is 0 Å². The Morgan fingerprint density at radius 2 is 2.30 bits per heavy atom. The fourth-order valence-corrected chi connectivity index (χ4v) is 3.46. The van der Waals surface area contributed by atoms with E-state index in [1.54, 1.807) is 0 Å². The van der Waals surface area contributed by atoms with Crippen molar-refractivity contribution in [2.24, 2.45) is 7.05 Å². The number of aryl methyl sites for hydroxylation is 1. The van der Waals surface area contributed by atoms with Crippen molar-refractivity contribution in [3.63, 3.8) is 0 Å². The van der Waals surface area contributed by atoms with Gasteiger partial charge in [0.1, 0.15) is 11.6 Å². The summed E-state index contributed by atoms with van der Waals surface area (Å²) in [7, 11) is 2.07. The number of hydrogen-bond acceptors (Lipinski definition) is 4. The molecule has 2 aliphatic heterocycles. The van der Waals surface area contributed by atoms with Gasteiger partial charge in [0.05, 0.1) is 12.6 Å². The molecule has 2 aromatic rings. The summed E-state index contributed by atoms with van der Waals surface area (Å²) in [4.78, 5) is 7.07. The first-order valence-corrected chi connectivity index (χ1v) is 7.98. The van der Waals surface area contributed by atoms with E-state index >= 15 is 0 Å². The second kappa shape index (κ2) is 6.91. The molecule has 0 radical (unpaired) electrons. The van der Waals surface area contributed by atoms with Crippen molar-refractivity contribution in [3.8, 4) is 5.75 Å². The highest BCUT2D eigenvalue weighted by Crippen LogP contribution is 2.28. The molecule has 3 heterocycles. The Morgan fingerprint density at radius 3 is 3.13 bits per heavy atom. The summed E-state index contributed by atoms with van der Waals surface area (Å²) in [6.07, 6.45) is 4.94. The molecule has 1 aromatic heterocycles. The van der Waals surface area contributed by atoms with Gasteiger partial charge in [0.25, 0.3) is 0 Å². The zero-order valence-corrected chi connectivity index (χ0v) is 14.2. The number of piperazine rings is 1. The lowest BCUT2D eigenvalue weighted by Crippen LogP contribution is -2.46. The molecule has 0 amide bonds. The SMILES string of the molecule is Cl.Cn1ccnc1C1CNCCN1Cc1ccc2c(c1)CCO2. The average Bonchev–Trinajstić information content (AvgIpc) is 3.16. The van der Waals surface area contributed by atoms with Crippen LogP contribution in [0.1, 0.15) is 23.0 Å². The van der Waals surface area contributed by atoms with Crippen molar-refractivity contribution >= 4 is 12.4 Å². The highest BCUT2D eigenvalue weighted by molar-refractivity contribution is 5.85. The Balaban J connectivity index is 0.00000156. The zero-order valence-electron chi connectivity index (χ0n) is 13.4. The quantitative estimate of drug-likeness (QED) is 0.931. The zero-order chi connectivity index (χ0) is 14.9. The number of fused-ring (bicyclic) bond motifs is 1. The molecule has 1 atom stereocenters. The highest BCUT2D eigenvalue weighted by Gasteiger charge is 2.27. The van der Waals surface area contributed by atoms with Crippen molar-refractivity contribution in [1.29, 1.82) is 0 Å². The molecular weight excluding hydrogens is 312 g/mol. The molecule has 4 rings (SSSR count). The summed E-state index contributed by atoms with van der Waals surface area (Å²) >= 11 is 0. The molecule has 124 valence electrons. The van der Waals surface area contributed by atoms with Crippen molar-refractivity contribution in [3.05, 3.63) is 47.5 Å². The highest BCUT2D eigenvalue weighted by atomic mass is 35.5. The van der Waals surface area contributed by atoms with Crippen LogP contribution in [0, 0.1) is 0 Å². The average molecular weight is 335 g/mol. The largest absolute Gasteiger partial charge is 0.493 e. The first-order chi connectivity index (χ1) is 10.8. The van der Waals surface area contributed by atoms with E-state index in [1.807, 2.05) is 12.4 Å². The van der Waals surface area contributed by atoms with Crippen LogP contribution in [0.3, 0.4) is 0 Å². The molecule has 1 aromatic carbocycles. The second-order valence-corrected chi connectivity index (χ2v) is 6.13. The van der Waals surface area contributed by atoms with Crippen molar-refractivity contribution in [1.82, 2.24) is 19.8 Å². The van der Waals surface area contributed by atoms with E-state index < -0.39 is 0 Å². The van der Waals surface area contributed by atoms with Crippen LogP contribution >= 0.6 is 12.4 Å². The Kier molecular flexibility index (Phi) is 4.90. The van der Waals surface area contributed by atoms with Gasteiger partial charge >= 0.3 is 0 Å². The predicted octanol–water partition coefficient (Wildman–Crippen LogP) is 1.92. The summed E-state index contributed by atoms with van der Waals surface area (Å²) < 4.78 is 7.73. The summed E-state index contributed by atoms with van der Waals surface area (Å²) in [5.74, 6) is 2.20. The first-order valence-electron chi connectivity index (χ1n) is 7.98. The predicted molar refractivity (Wildman–Crippen MR) is 92.1 cm³/mol. The van der Waals surface area contributed by atoms with E-state index in [1.165, 1.54) is 11.1 Å². The smallest absolute Gasteiger partial charge is 0.127 e. The number of halogens is 1. The first kappa shape index (κ1) is 16.3. The molecule has 1 saturated heterocycles. The van der Waals surface area contributed by atoms with Gasteiger partial charge in [-0.2, -0.15) is 0 Å². The van der Waals surface area contributed by atoms with Gasteiger partial charge < -0.3 is 14.6 Å². The summed E-state index contributed by atoms with van der Waals surface area (Å²) in [6.45, 7) is 4.83. The van der Waals surface area contributed by atoms with Gasteiger partial charge in [-0.05, 0) is 17.2 Å². The van der Waals surface area contributed by atoms with E-state index in [0.717, 1.165) is 50.8 Å². The van der Waals surface area contributed by atoms with Gasteiger partial charge in [0.15, 0.2) is 0 Å². The fraction of sp³-hybridized carbons (Fsp3) is 0.471. The van der Waals surface area contributed by atoms with E-state index in [4.69, 9.17) is 4.74 Å². The third-order valence-electron chi connectivity index (χ3n) is 4.65. The summed E-state index contributed by atoms with van der Waals surface area (Å²) in [6, 6.07) is 6.95. The normalized spacial score (nSPS) is 20.7. The van der Waals surface area contributed by atoms with Crippen LogP contribution < -0.4 is 10.1 Å². The minimum absolute atomic E-state index is 0. The lowest BCUT2D eigenvalue weighted by molar-refractivity contribution is 0.144. The molecule has 1 unspecified atom stereocenters. The minimum atomic E-state index is 0. The molecule has 0 spiro atoms. The molecule has 23 heavy (non-hydrogen) atoms. The van der Waals surface area contributed by atoms with Crippen molar-refractivity contribution in [2.45, 2.75) is 19.0 Å². The van der Waals surface area contributed by atoms with E-state index in [0.29, 0.717) is 6.04 Å². The number of nitrogens with one attached hydrogen (secondary N) is 1. The van der Waals surface area contributed by atoms with E-state index in [9.17, 15) is 0 Å². The third kappa shape index (κ3) is 3.22. The second-order valence-electron chi connectivity index (χ2n) is 6.13. The number of aromatic nitrogens is 2. The third-order valence-corrected chi connectivity index (χ3v) is 4.65. The fourth-order valence-electron chi connectivity index (χ4n) is 3.46. The van der Waals surface area contributed by atoms with Crippen molar-refractivity contribution in [2.75, 3.05) is 26.2 Å². The summed E-state index contributed by atoms with van der Waals surface area (Å²) in [5, 5.41) is 3.49. The molecule has 0 bridgehead atoms. The Bertz CT molecular complexity index is 672. The van der Waals surface area contributed by atoms with Gasteiger partial charge in [-0.3, -0.25) is 4.90 Å². The lowest BCUT2D eigenvalue weighted by atomic mass is 10.1. The molecule has 1 fully saturated rings. The van der Waals surface area contributed by atoms with Crippen molar-refractivity contribution < 1.29 is 4.74 Å². The van der Waals surface area contributed by atoms with Crippen LogP contribution in [-0.2, 0) is 20.0 Å². The number of hydrogen-bond donors (Lipinski definition) is 1. The standard InChI is InChI=1S/C17H22N4O.ClH/c1-20-7-6-19-17(20)15-11-18-5-8-21(15)12-13-2-3-16-14(10-13)4-9-22-16;/h2-3,6-7,10,15,18H,4-5,8-9,11-12H2,1H3;1H. The molecule has 2 aliphatic rings. The van der Waals surface area contributed by atoms with E-state index in [-0.39, 0.29) is 12.4 Å². The molecule has 6 heteroatoms. The lowest BCUT2D eigenvalue weighted by Gasteiger charge is -2.35. The van der Waals surface area contributed by atoms with Crippen LogP contribution in [0.5, 0.6) is 5.75 Å². The van der Waals surface area contributed by atoms with Crippen LogP contribution in [-0.4, -0.2) is 40.7 Å². The van der Waals surface area contributed by atoms with Crippen LogP contribution in [0.15, 0.2) is 30.6 Å². The number of benzene rings is 1. The van der Waals surface area contributed by atoms with Gasteiger partial charge in [-0.25, -0.2) is 4.98 Å². The minimum Gasteiger partial charge on any atom is -0.493 e. The maximum absolute atomic E-state index is 5.60. The van der Waals surface area contributed by atoms with Gasteiger partial charge in [-0.1, -0.05) is 12.1 Å². The van der Waals surface area contributed by atoms with Gasteiger partial charge in [-0.15, -0.1) is 12.4 Å². The number of ether oxygens (including phenoxy) is 1. The van der Waals surface area contributed by atoms with Crippen LogP contribution in [0.2, 0.25) is 0 Å². The van der Waals surface area contributed by atoms with Gasteiger partial charge in [0.2, 0.25) is 0 Å². The maximum atomic E-state index is 5.60. The number of rotatable bonds is 3. The molecular formula is C17H23ClN4O. The topological polar surface area (TPSA) is 42.3 Å². The Hall–Kier alpha value is -1.56. The van der Waals surface area contributed by atoms with Gasteiger partial charge in [0, 0.05) is 52.0 Å². The van der Waals surface area contributed by atoms with E-state index in [2.05, 4.69) is 45.0 Å². The Morgan fingerprint density at radius 1 is 1.39 bits per heavy atom. The summed E-state index contributed by atoms with van der Waals surface area (Å²) in [5.41, 5.74) is 2.71. The Labute approximate surface area is 143 Å². The molecule has 0 saturated carbocycles. The molecule has 0 aliphatic carbocycles. The monoisotopic (exact) mass is 334 g/mol. The number of nitrogens with zero attached hydrogens (tertiary/aromatic N) is 3. The molecule has 1 N–H and O–H groups in total. The molecule has 5 nitrogen and oxygen atoms in total. The maximum Gasteiger partial charge on any atom is 0.127 e. The van der Waals surface area contributed by atoms with Crippen LogP contribution in [0.4, 0.5) is 0 Å².